The van der Waals surface area contributed by atoms with E-state index in [1.54, 1.807) is 6.08 Å². The van der Waals surface area contributed by atoms with Crippen LogP contribution >= 0.6 is 0 Å². The van der Waals surface area contributed by atoms with Crippen LogP contribution in [0.2, 0.25) is 0 Å². The number of sulfone groups is 1. The van der Waals surface area contributed by atoms with Gasteiger partial charge in [0, 0.05) is 18.0 Å². The summed E-state index contributed by atoms with van der Waals surface area (Å²) in [5, 5.41) is 14.0. The largest absolute Gasteiger partial charge is 0.387 e. The summed E-state index contributed by atoms with van der Waals surface area (Å²) >= 11 is 0. The number of benzene rings is 1. The molecule has 0 bridgehead atoms. The maximum absolute atomic E-state index is 12.7. The van der Waals surface area contributed by atoms with Crippen molar-refractivity contribution in [3.63, 3.8) is 0 Å². The Bertz CT molecular complexity index is 539. The summed E-state index contributed by atoms with van der Waals surface area (Å²) in [6, 6.07) is 5.29. The number of nitrogens with one attached hydrogen (secondary N) is 1. The van der Waals surface area contributed by atoms with Crippen LogP contribution in [0.15, 0.2) is 35.7 Å². The SMILES string of the molecule is O=S1(=O)C=CC(NCC(O)c2ccc(F)cc2)C1. The average Bonchev–Trinajstić information content (AvgIpc) is 2.67. The van der Waals surface area contributed by atoms with Gasteiger partial charge in [-0.25, -0.2) is 12.8 Å². The van der Waals surface area contributed by atoms with Crippen molar-refractivity contribution in [2.75, 3.05) is 12.3 Å². The molecule has 2 rings (SSSR count). The van der Waals surface area contributed by atoms with Gasteiger partial charge in [-0.15, -0.1) is 0 Å². The first-order chi connectivity index (χ1) is 8.46. The number of hydrogen-bond donors (Lipinski definition) is 2. The van der Waals surface area contributed by atoms with Crippen LogP contribution in [0.5, 0.6) is 0 Å². The van der Waals surface area contributed by atoms with Crippen LogP contribution in [0, 0.1) is 5.82 Å². The average molecular weight is 271 g/mol. The summed E-state index contributed by atoms with van der Waals surface area (Å²) in [7, 11) is -3.09. The summed E-state index contributed by atoms with van der Waals surface area (Å²) < 4.78 is 35.0. The van der Waals surface area contributed by atoms with Gasteiger partial charge in [-0.3, -0.25) is 0 Å². The number of hydrogen-bond acceptors (Lipinski definition) is 4. The van der Waals surface area contributed by atoms with E-state index in [1.807, 2.05) is 0 Å². The summed E-state index contributed by atoms with van der Waals surface area (Å²) in [6.45, 7) is 0.218. The van der Waals surface area contributed by atoms with Crippen LogP contribution in [-0.4, -0.2) is 31.9 Å². The molecule has 2 atom stereocenters. The van der Waals surface area contributed by atoms with E-state index in [1.165, 1.54) is 29.7 Å². The molecule has 0 saturated carbocycles. The molecule has 0 aromatic heterocycles. The zero-order valence-electron chi connectivity index (χ0n) is 9.58. The van der Waals surface area contributed by atoms with Crippen molar-refractivity contribution in [1.29, 1.82) is 0 Å². The van der Waals surface area contributed by atoms with Gasteiger partial charge in [0.25, 0.3) is 0 Å². The summed E-state index contributed by atoms with van der Waals surface area (Å²) in [4.78, 5) is 0. The van der Waals surface area contributed by atoms with Gasteiger partial charge in [0.05, 0.1) is 11.9 Å². The van der Waals surface area contributed by atoms with Gasteiger partial charge in [0.15, 0.2) is 9.84 Å². The van der Waals surface area contributed by atoms with Crippen molar-refractivity contribution in [2.24, 2.45) is 0 Å². The van der Waals surface area contributed by atoms with Gasteiger partial charge < -0.3 is 10.4 Å². The molecule has 0 saturated heterocycles. The van der Waals surface area contributed by atoms with E-state index in [0.717, 1.165) is 0 Å². The standard InChI is InChI=1S/C12H14FNO3S/c13-10-3-1-9(2-4-10)12(15)7-14-11-5-6-18(16,17)8-11/h1-6,11-12,14-15H,7-8H2. The first-order valence-corrected chi connectivity index (χ1v) is 7.26. The lowest BCUT2D eigenvalue weighted by Crippen LogP contribution is -2.33. The van der Waals surface area contributed by atoms with Gasteiger partial charge in [-0.2, -0.15) is 0 Å². The molecule has 4 nitrogen and oxygen atoms in total. The van der Waals surface area contributed by atoms with Crippen molar-refractivity contribution < 1.29 is 17.9 Å². The third-order valence-electron chi connectivity index (χ3n) is 2.76. The van der Waals surface area contributed by atoms with E-state index >= 15 is 0 Å². The fraction of sp³-hybridized carbons (Fsp3) is 0.333. The van der Waals surface area contributed by atoms with Crippen molar-refractivity contribution in [1.82, 2.24) is 5.32 Å². The predicted octanol–water partition coefficient (Wildman–Crippen LogP) is 0.759. The second-order valence-electron chi connectivity index (χ2n) is 4.24. The minimum absolute atomic E-state index is 0.0170. The molecule has 0 spiro atoms. The monoisotopic (exact) mass is 271 g/mol. The number of aliphatic hydroxyl groups excluding tert-OH is 1. The molecular formula is C12H14FNO3S. The Kier molecular flexibility index (Phi) is 3.79. The van der Waals surface area contributed by atoms with Crippen LogP contribution in [-0.2, 0) is 9.84 Å². The van der Waals surface area contributed by atoms with Crippen molar-refractivity contribution >= 4 is 9.84 Å². The van der Waals surface area contributed by atoms with E-state index in [9.17, 15) is 17.9 Å². The summed E-state index contributed by atoms with van der Waals surface area (Å²) in [5.74, 6) is -0.341. The van der Waals surface area contributed by atoms with Crippen LogP contribution in [0.3, 0.4) is 0 Å². The highest BCUT2D eigenvalue weighted by Crippen LogP contribution is 2.14. The predicted molar refractivity (Wildman–Crippen MR) is 66.1 cm³/mol. The Hall–Kier alpha value is -1.24. The molecule has 0 fully saturated rings. The van der Waals surface area contributed by atoms with Gasteiger partial charge in [-0.1, -0.05) is 18.2 Å². The second-order valence-corrected chi connectivity index (χ2v) is 6.17. The zero-order valence-corrected chi connectivity index (χ0v) is 10.4. The van der Waals surface area contributed by atoms with Crippen LogP contribution in [0.4, 0.5) is 4.39 Å². The minimum Gasteiger partial charge on any atom is -0.387 e. The van der Waals surface area contributed by atoms with Gasteiger partial charge in [-0.05, 0) is 17.7 Å². The molecule has 0 radical (unpaired) electrons. The van der Waals surface area contributed by atoms with Gasteiger partial charge in [0.2, 0.25) is 0 Å². The lowest BCUT2D eigenvalue weighted by Gasteiger charge is -2.15. The number of rotatable bonds is 4. The quantitative estimate of drug-likeness (QED) is 0.848. The molecule has 0 amide bonds. The smallest absolute Gasteiger partial charge is 0.173 e. The van der Waals surface area contributed by atoms with E-state index < -0.39 is 15.9 Å². The molecular weight excluding hydrogens is 257 g/mol. The molecule has 2 unspecified atom stereocenters. The topological polar surface area (TPSA) is 66.4 Å². The van der Waals surface area contributed by atoms with Crippen molar-refractivity contribution in [3.8, 4) is 0 Å². The van der Waals surface area contributed by atoms with Crippen LogP contribution < -0.4 is 5.32 Å². The fourth-order valence-corrected chi connectivity index (χ4v) is 3.04. The summed E-state index contributed by atoms with van der Waals surface area (Å²) in [5.41, 5.74) is 0.591. The van der Waals surface area contributed by atoms with Crippen molar-refractivity contribution in [2.45, 2.75) is 12.1 Å². The minimum atomic E-state index is -3.09. The Morgan fingerprint density at radius 2 is 2.06 bits per heavy atom. The Labute approximate surface area is 105 Å². The van der Waals surface area contributed by atoms with E-state index in [4.69, 9.17) is 0 Å². The molecule has 98 valence electrons. The third kappa shape index (κ3) is 3.38. The normalized spacial score (nSPS) is 23.1. The highest BCUT2D eigenvalue weighted by atomic mass is 32.2. The van der Waals surface area contributed by atoms with E-state index in [0.29, 0.717) is 5.56 Å². The molecule has 1 aromatic rings. The first-order valence-electron chi connectivity index (χ1n) is 5.54. The van der Waals surface area contributed by atoms with Gasteiger partial charge in [0.1, 0.15) is 5.82 Å². The van der Waals surface area contributed by atoms with Crippen LogP contribution in [0.25, 0.3) is 0 Å². The molecule has 0 aliphatic carbocycles. The number of halogens is 1. The molecule has 1 aromatic carbocycles. The zero-order chi connectivity index (χ0) is 13.2. The molecule has 1 aliphatic rings. The highest BCUT2D eigenvalue weighted by Gasteiger charge is 2.21. The lowest BCUT2D eigenvalue weighted by atomic mass is 10.1. The first kappa shape index (κ1) is 13.2. The number of aliphatic hydroxyl groups is 1. The second kappa shape index (κ2) is 5.17. The molecule has 1 aliphatic heterocycles. The van der Waals surface area contributed by atoms with Crippen molar-refractivity contribution in [3.05, 3.63) is 47.1 Å². The molecule has 18 heavy (non-hydrogen) atoms. The third-order valence-corrected chi connectivity index (χ3v) is 4.15. The Morgan fingerprint density at radius 1 is 1.39 bits per heavy atom. The lowest BCUT2D eigenvalue weighted by molar-refractivity contribution is 0.173. The molecule has 2 N–H and O–H groups in total. The maximum Gasteiger partial charge on any atom is 0.173 e. The van der Waals surface area contributed by atoms with Crippen LogP contribution in [0.1, 0.15) is 11.7 Å². The maximum atomic E-state index is 12.7. The van der Waals surface area contributed by atoms with E-state index in [-0.39, 0.29) is 24.2 Å². The summed E-state index contributed by atoms with van der Waals surface area (Å²) in [6.07, 6.45) is 0.773. The molecule has 6 heteroatoms. The molecule has 1 heterocycles. The fourth-order valence-electron chi connectivity index (χ4n) is 1.77. The highest BCUT2D eigenvalue weighted by molar-refractivity contribution is 7.94. The Balaban J connectivity index is 1.88. The van der Waals surface area contributed by atoms with E-state index in [2.05, 4.69) is 5.32 Å². The van der Waals surface area contributed by atoms with Gasteiger partial charge >= 0.3 is 0 Å². The Morgan fingerprint density at radius 3 is 2.61 bits per heavy atom.